The zero-order chi connectivity index (χ0) is 48.4. The van der Waals surface area contributed by atoms with E-state index in [2.05, 4.69) is 98.8 Å². The molecule has 371 valence electrons. The molecular formula is C60H87FeO6. The molecule has 3 fully saturated rings. The summed E-state index contributed by atoms with van der Waals surface area (Å²) in [5, 5.41) is 35.5. The maximum atomic E-state index is 11.8. The summed E-state index contributed by atoms with van der Waals surface area (Å²) < 4.78 is 0. The zero-order valence-corrected chi connectivity index (χ0v) is 44.8. The predicted molar refractivity (Wildman–Crippen MR) is 261 cm³/mol. The van der Waals surface area contributed by atoms with Crippen molar-refractivity contribution in [1.82, 2.24) is 0 Å². The van der Waals surface area contributed by atoms with Crippen molar-refractivity contribution >= 4 is 17.9 Å². The summed E-state index contributed by atoms with van der Waals surface area (Å²) >= 11 is 0. The van der Waals surface area contributed by atoms with Gasteiger partial charge in [0.15, 0.2) is 0 Å². The van der Waals surface area contributed by atoms with Gasteiger partial charge in [0.05, 0.1) is 0 Å². The molecular weight excluding hydrogens is 872 g/mol. The van der Waals surface area contributed by atoms with Gasteiger partial charge in [-0.15, -0.1) is 0 Å². The minimum atomic E-state index is -0.838. The number of aliphatic carboxylic acids is 3. The van der Waals surface area contributed by atoms with Crippen molar-refractivity contribution in [3.63, 3.8) is 0 Å². The van der Waals surface area contributed by atoms with E-state index < -0.39 is 34.2 Å². The number of carboxylic acid groups (broad SMARTS) is 3. The van der Waals surface area contributed by atoms with Crippen LogP contribution in [0.25, 0.3) is 0 Å². The minimum absolute atomic E-state index is 0. The predicted octanol–water partition coefficient (Wildman–Crippen LogP) is 11.6. The largest absolute Gasteiger partial charge is 3.00 e. The molecule has 67 heavy (non-hydrogen) atoms. The van der Waals surface area contributed by atoms with Crippen LogP contribution in [0.2, 0.25) is 0 Å². The van der Waals surface area contributed by atoms with Crippen molar-refractivity contribution in [3.05, 3.63) is 69.9 Å². The first-order valence-electron chi connectivity index (χ1n) is 26.7. The van der Waals surface area contributed by atoms with Gasteiger partial charge >= 0.3 is 17.1 Å². The van der Waals surface area contributed by atoms with Gasteiger partial charge in [-0.2, -0.15) is 0 Å². The molecule has 0 aliphatic heterocycles. The molecule has 0 aromatic heterocycles. The van der Waals surface area contributed by atoms with E-state index in [0.29, 0.717) is 35.5 Å². The van der Waals surface area contributed by atoms with Gasteiger partial charge in [0, 0.05) is 34.2 Å². The number of hydrogen-bond donors (Lipinski definition) is 0. The van der Waals surface area contributed by atoms with Crippen molar-refractivity contribution < 1.29 is 46.8 Å². The third-order valence-corrected chi connectivity index (χ3v) is 21.1. The second-order valence-corrected chi connectivity index (χ2v) is 25.6. The molecule has 0 bridgehead atoms. The molecule has 9 rings (SSSR count). The molecule has 9 aliphatic rings. The molecule has 0 spiro atoms. The summed E-state index contributed by atoms with van der Waals surface area (Å²) in [7, 11) is 0. The number of hydrogen-bond acceptors (Lipinski definition) is 6. The normalized spacial score (nSPS) is 40.7. The maximum Gasteiger partial charge on any atom is 3.00 e. The summed E-state index contributed by atoms with van der Waals surface area (Å²) in [5.74, 6) is 1.61. The van der Waals surface area contributed by atoms with E-state index >= 15 is 0 Å². The molecule has 7 heteroatoms. The monoisotopic (exact) mass is 960 g/mol. The van der Waals surface area contributed by atoms with E-state index in [9.17, 15) is 29.7 Å². The van der Waals surface area contributed by atoms with Crippen LogP contribution in [0.3, 0.4) is 0 Å². The van der Waals surface area contributed by atoms with Gasteiger partial charge in [-0.05, 0) is 183 Å². The van der Waals surface area contributed by atoms with Crippen molar-refractivity contribution in [3.8, 4) is 0 Å². The standard InChI is InChI=1S/3C20H30O2.Fe/c3*1-13(2)14-6-8-16-15(12-14)7-9-17-19(16,3)10-5-11-20(17,4)18(21)22;/h3*7,12-13,16-17H,5-6,8-11H2,1-4H3,(H,21,22);/q;;;+3/p-3/t3*16-,17-,19-,20+;/m111./s1. The summed E-state index contributed by atoms with van der Waals surface area (Å²) in [4.78, 5) is 35.5. The van der Waals surface area contributed by atoms with Gasteiger partial charge in [0.1, 0.15) is 0 Å². The van der Waals surface area contributed by atoms with E-state index in [1.54, 1.807) is 16.7 Å². The van der Waals surface area contributed by atoms with Crippen LogP contribution in [0.5, 0.6) is 0 Å². The Bertz CT molecular complexity index is 1870. The Morgan fingerprint density at radius 1 is 0.448 bits per heavy atom. The summed E-state index contributed by atoms with van der Waals surface area (Å²) in [6.45, 7) is 26.5. The first-order valence-corrected chi connectivity index (χ1v) is 26.7. The smallest absolute Gasteiger partial charge is 0.550 e. The van der Waals surface area contributed by atoms with Gasteiger partial charge in [-0.3, -0.25) is 0 Å². The van der Waals surface area contributed by atoms with Crippen molar-refractivity contribution in [1.29, 1.82) is 0 Å². The molecule has 6 nitrogen and oxygen atoms in total. The number of rotatable bonds is 6. The van der Waals surface area contributed by atoms with Gasteiger partial charge < -0.3 is 29.7 Å². The Kier molecular flexibility index (Phi) is 15.9. The van der Waals surface area contributed by atoms with Crippen molar-refractivity contribution in [2.24, 2.45) is 85.8 Å². The third-order valence-electron chi connectivity index (χ3n) is 21.1. The van der Waals surface area contributed by atoms with Crippen LogP contribution in [0.1, 0.15) is 199 Å². The summed E-state index contributed by atoms with van der Waals surface area (Å²) in [6.07, 6.45) is 32.9. The Morgan fingerprint density at radius 3 is 0.896 bits per heavy atom. The molecule has 0 aromatic rings. The average molecular weight is 960 g/mol. The summed E-state index contributed by atoms with van der Waals surface area (Å²) in [5.41, 5.74) is 7.52. The Labute approximate surface area is 417 Å². The van der Waals surface area contributed by atoms with Crippen LogP contribution < -0.4 is 15.3 Å². The van der Waals surface area contributed by atoms with E-state index in [1.807, 2.05) is 20.8 Å². The molecule has 9 aliphatic carbocycles. The Morgan fingerprint density at radius 2 is 0.687 bits per heavy atom. The Balaban J connectivity index is 0.000000165. The fourth-order valence-electron chi connectivity index (χ4n) is 16.8. The average Bonchev–Trinajstić information content (AvgIpc) is 3.26. The number of carbonyl (C=O) groups is 3. The molecule has 0 unspecified atom stereocenters. The van der Waals surface area contributed by atoms with Crippen LogP contribution in [0.4, 0.5) is 0 Å². The minimum Gasteiger partial charge on any atom is -0.550 e. The summed E-state index contributed by atoms with van der Waals surface area (Å²) in [6, 6.07) is 0. The first-order chi connectivity index (χ1) is 30.9. The van der Waals surface area contributed by atoms with E-state index in [4.69, 9.17) is 0 Å². The van der Waals surface area contributed by atoms with Crippen LogP contribution >= 0.6 is 0 Å². The number of allylic oxidation sites excluding steroid dienone is 12. The third kappa shape index (κ3) is 9.40. The fourth-order valence-corrected chi connectivity index (χ4v) is 16.8. The second-order valence-electron chi connectivity index (χ2n) is 25.6. The molecule has 1 radical (unpaired) electrons. The molecule has 12 atom stereocenters. The van der Waals surface area contributed by atoms with E-state index in [1.165, 1.54) is 55.2 Å². The first kappa shape index (κ1) is 53.7. The molecule has 0 aromatic carbocycles. The van der Waals surface area contributed by atoms with Crippen LogP contribution in [0.15, 0.2) is 69.9 Å². The van der Waals surface area contributed by atoms with Crippen molar-refractivity contribution in [2.45, 2.75) is 199 Å². The second kappa shape index (κ2) is 19.9. The van der Waals surface area contributed by atoms with Gasteiger partial charge in [0.2, 0.25) is 0 Å². The topological polar surface area (TPSA) is 120 Å². The van der Waals surface area contributed by atoms with Crippen molar-refractivity contribution in [2.75, 3.05) is 0 Å². The molecule has 0 saturated heterocycles. The molecule has 3 saturated carbocycles. The maximum absolute atomic E-state index is 11.8. The SMILES string of the molecule is CC(C)C1=CC2=CC[C@@H]3[C@](C)(CCC[C@]3(C)C(=O)[O-])[C@@H]2CC1.CC(C)C1=CC2=CC[C@@H]3[C@](C)(CCC[C@]3(C)C(=O)[O-])[C@@H]2CC1.CC(C)C1=CC2=CC[C@@H]3[C@](C)(CCC[C@]3(C)C(=O)[O-])[C@@H]2CC1.[Fe+3]. The van der Waals surface area contributed by atoms with Gasteiger partial charge in [-0.25, -0.2) is 0 Å². The molecule has 0 amide bonds. The van der Waals surface area contributed by atoms with Gasteiger partial charge in [-0.1, -0.05) is 156 Å². The molecule has 0 heterocycles. The van der Waals surface area contributed by atoms with Crippen LogP contribution in [0, 0.1) is 85.8 Å². The number of carbonyl (C=O) groups excluding carboxylic acids is 3. The van der Waals surface area contributed by atoms with E-state index in [0.717, 1.165) is 77.0 Å². The van der Waals surface area contributed by atoms with Crippen LogP contribution in [-0.2, 0) is 31.5 Å². The van der Waals surface area contributed by atoms with Crippen LogP contribution in [-0.4, -0.2) is 17.9 Å². The molecule has 0 N–H and O–H groups in total. The number of carboxylic acids is 3. The van der Waals surface area contributed by atoms with Gasteiger partial charge in [0.25, 0.3) is 0 Å². The quantitative estimate of drug-likeness (QED) is 0.245. The van der Waals surface area contributed by atoms with E-state index in [-0.39, 0.29) is 51.1 Å². The fraction of sp³-hybridized carbons (Fsp3) is 0.750. The number of fused-ring (bicyclic) bond motifs is 9. The Hall–Kier alpha value is -2.63. The zero-order valence-electron chi connectivity index (χ0n) is 43.7.